The van der Waals surface area contributed by atoms with E-state index in [1.165, 1.54) is 48.6 Å². The SMILES string of the molecule is C=CC(=O)OCCCCOc1ccc(C(=O)Oc2ccc(C(=O)O/C(C)=C/C=C(\C=C/C)OC(O)c3ccc(OC(=O)c4ccc(OCCCCOC(=O)C=C)cc4)cc3)cc2)cc1. The van der Waals surface area contributed by atoms with Gasteiger partial charge in [-0.05, 0) is 155 Å². The Morgan fingerprint density at radius 1 is 0.562 bits per heavy atom. The van der Waals surface area contributed by atoms with Gasteiger partial charge in [-0.25, -0.2) is 24.0 Å². The van der Waals surface area contributed by atoms with Crippen molar-refractivity contribution in [3.63, 3.8) is 0 Å². The highest BCUT2D eigenvalue weighted by Gasteiger charge is 2.15. The maximum Gasteiger partial charge on any atom is 0.343 e. The highest BCUT2D eigenvalue weighted by Crippen LogP contribution is 2.24. The first kappa shape index (κ1) is 49.0. The van der Waals surface area contributed by atoms with Crippen LogP contribution in [-0.4, -0.2) is 61.4 Å². The van der Waals surface area contributed by atoms with E-state index in [0.29, 0.717) is 67.1 Å². The third-order valence-electron chi connectivity index (χ3n) is 8.61. The third-order valence-corrected chi connectivity index (χ3v) is 8.61. The molecule has 1 N–H and O–H groups in total. The minimum absolute atomic E-state index is 0.212. The van der Waals surface area contributed by atoms with Crippen molar-refractivity contribution in [2.24, 2.45) is 0 Å². The van der Waals surface area contributed by atoms with E-state index >= 15 is 0 Å². The summed E-state index contributed by atoms with van der Waals surface area (Å²) in [7, 11) is 0. The standard InChI is InChI=1S/C50H50O14/c1-5-12-42(62-48(54)39-20-29-44(30-21-39)64-50(56)38-16-25-41(26-17-38)58-32-9-11-34-60-46(52)7-3)22-13-35(4)61-47(53)36-18-27-43(28-19-36)63-49(55)37-14-23-40(24-15-37)57-31-8-10-33-59-45(51)6-2/h5-7,12-30,48,54H,2-3,8-11,31-34H2,1,4H3/b12-5-,35-13+,42-22+. The second kappa shape index (κ2) is 26.6. The molecule has 0 aliphatic heterocycles. The average Bonchev–Trinajstić information content (AvgIpc) is 3.31. The predicted octanol–water partition coefficient (Wildman–Crippen LogP) is 9.13. The van der Waals surface area contributed by atoms with Crippen molar-refractivity contribution >= 4 is 29.8 Å². The molecule has 4 rings (SSSR count). The fraction of sp³-hybridized carbons (Fsp3) is 0.220. The van der Waals surface area contributed by atoms with Crippen molar-refractivity contribution in [2.75, 3.05) is 26.4 Å². The molecular formula is C50H50O14. The van der Waals surface area contributed by atoms with Crippen molar-refractivity contribution in [2.45, 2.75) is 45.8 Å². The molecule has 4 aromatic rings. The first-order chi connectivity index (χ1) is 31.0. The fourth-order valence-electron chi connectivity index (χ4n) is 5.25. The lowest BCUT2D eigenvalue weighted by Crippen LogP contribution is -2.09. The third kappa shape index (κ3) is 17.3. The highest BCUT2D eigenvalue weighted by atomic mass is 16.6. The number of rotatable bonds is 25. The number of ether oxygens (including phenoxy) is 8. The zero-order chi connectivity index (χ0) is 46.1. The lowest BCUT2D eigenvalue weighted by Gasteiger charge is -2.15. The van der Waals surface area contributed by atoms with Crippen LogP contribution < -0.4 is 18.9 Å². The Hall–Kier alpha value is -7.71. The van der Waals surface area contributed by atoms with Crippen molar-refractivity contribution in [3.8, 4) is 23.0 Å². The molecular weight excluding hydrogens is 825 g/mol. The van der Waals surface area contributed by atoms with E-state index in [1.54, 1.807) is 86.7 Å². The van der Waals surface area contributed by atoms with Crippen molar-refractivity contribution < 1.29 is 67.0 Å². The molecule has 334 valence electrons. The molecule has 0 heterocycles. The molecule has 0 spiro atoms. The number of aliphatic hydroxyl groups excluding tert-OH is 1. The zero-order valence-corrected chi connectivity index (χ0v) is 35.6. The summed E-state index contributed by atoms with van der Waals surface area (Å²) < 4.78 is 43.3. The van der Waals surface area contributed by atoms with Crippen LogP contribution in [0.15, 0.2) is 158 Å². The molecule has 1 unspecified atom stereocenters. The van der Waals surface area contributed by atoms with Gasteiger partial charge >= 0.3 is 29.8 Å². The van der Waals surface area contributed by atoms with Gasteiger partial charge in [-0.15, -0.1) is 0 Å². The maximum absolute atomic E-state index is 12.9. The van der Waals surface area contributed by atoms with Crippen LogP contribution >= 0.6 is 0 Å². The number of carbonyl (C=O) groups excluding carboxylic acids is 5. The summed E-state index contributed by atoms with van der Waals surface area (Å²) in [5.41, 5.74) is 1.21. The Morgan fingerprint density at radius 3 is 1.41 bits per heavy atom. The molecule has 0 saturated heterocycles. The van der Waals surface area contributed by atoms with Crippen LogP contribution in [0.1, 0.15) is 82.5 Å². The molecule has 0 saturated carbocycles. The van der Waals surface area contributed by atoms with Crippen LogP contribution in [0.4, 0.5) is 0 Å². The summed E-state index contributed by atoms with van der Waals surface area (Å²) in [6, 6.07) is 25.0. The van der Waals surface area contributed by atoms with Gasteiger partial charge in [0.1, 0.15) is 34.5 Å². The number of carbonyl (C=O) groups is 5. The molecule has 14 nitrogen and oxygen atoms in total. The summed E-state index contributed by atoms with van der Waals surface area (Å²) in [5, 5.41) is 10.8. The number of hydrogen-bond acceptors (Lipinski definition) is 14. The van der Waals surface area contributed by atoms with Gasteiger partial charge in [0, 0.05) is 17.7 Å². The topological polar surface area (TPSA) is 179 Å². The minimum atomic E-state index is -1.39. The molecule has 1 atom stereocenters. The molecule has 64 heavy (non-hydrogen) atoms. The van der Waals surface area contributed by atoms with Crippen LogP contribution in [0.25, 0.3) is 0 Å². The van der Waals surface area contributed by atoms with E-state index in [2.05, 4.69) is 13.2 Å². The lowest BCUT2D eigenvalue weighted by molar-refractivity contribution is -0.138. The normalized spacial score (nSPS) is 11.7. The highest BCUT2D eigenvalue weighted by molar-refractivity contribution is 5.92. The van der Waals surface area contributed by atoms with E-state index in [0.717, 1.165) is 12.2 Å². The van der Waals surface area contributed by atoms with Gasteiger partial charge in [-0.1, -0.05) is 19.2 Å². The van der Waals surface area contributed by atoms with Crippen LogP contribution in [0.2, 0.25) is 0 Å². The molecule has 0 fully saturated rings. The minimum Gasteiger partial charge on any atom is -0.494 e. The van der Waals surface area contributed by atoms with Crippen LogP contribution in [0, 0.1) is 0 Å². The number of allylic oxidation sites excluding steroid dienone is 5. The van der Waals surface area contributed by atoms with Crippen LogP contribution in [0.5, 0.6) is 23.0 Å². The molecule has 0 aliphatic carbocycles. The van der Waals surface area contributed by atoms with Gasteiger partial charge < -0.3 is 43.0 Å². The molecule has 0 amide bonds. The molecule has 0 radical (unpaired) electrons. The summed E-state index contributed by atoms with van der Waals surface area (Å²) in [6.45, 7) is 11.4. The van der Waals surface area contributed by atoms with E-state index in [1.807, 2.05) is 0 Å². The molecule has 0 aliphatic rings. The summed E-state index contributed by atoms with van der Waals surface area (Å²) in [6.07, 6.45) is 9.81. The van der Waals surface area contributed by atoms with Crippen LogP contribution in [0.3, 0.4) is 0 Å². The average molecular weight is 875 g/mol. The van der Waals surface area contributed by atoms with E-state index in [9.17, 15) is 29.1 Å². The van der Waals surface area contributed by atoms with Gasteiger partial charge in [-0.3, -0.25) is 0 Å². The largest absolute Gasteiger partial charge is 0.494 e. The van der Waals surface area contributed by atoms with Crippen LogP contribution in [-0.2, 0) is 28.5 Å². The van der Waals surface area contributed by atoms with Gasteiger partial charge in [0.25, 0.3) is 0 Å². The molecule has 4 aromatic carbocycles. The van der Waals surface area contributed by atoms with Gasteiger partial charge in [0.2, 0.25) is 6.29 Å². The van der Waals surface area contributed by atoms with Gasteiger partial charge in [-0.2, -0.15) is 0 Å². The first-order valence-corrected chi connectivity index (χ1v) is 20.2. The number of aliphatic hydroxyl groups is 1. The second-order valence-electron chi connectivity index (χ2n) is 13.5. The number of esters is 5. The van der Waals surface area contributed by atoms with Crippen molar-refractivity contribution in [3.05, 3.63) is 180 Å². The Bertz CT molecular complexity index is 2270. The van der Waals surface area contributed by atoms with E-state index in [-0.39, 0.29) is 41.8 Å². The summed E-state index contributed by atoms with van der Waals surface area (Å²) in [5.74, 6) is -0.646. The predicted molar refractivity (Wildman–Crippen MR) is 236 cm³/mol. The first-order valence-electron chi connectivity index (χ1n) is 20.2. The second-order valence-corrected chi connectivity index (χ2v) is 13.5. The van der Waals surface area contributed by atoms with E-state index < -0.39 is 36.1 Å². The van der Waals surface area contributed by atoms with Gasteiger partial charge in [0.05, 0.1) is 43.1 Å². The Labute approximate surface area is 371 Å². The zero-order valence-electron chi connectivity index (χ0n) is 35.6. The Kier molecular flexibility index (Phi) is 20.3. The van der Waals surface area contributed by atoms with Crippen molar-refractivity contribution in [1.82, 2.24) is 0 Å². The lowest BCUT2D eigenvalue weighted by atomic mass is 10.2. The molecule has 0 aromatic heterocycles. The number of benzene rings is 4. The van der Waals surface area contributed by atoms with E-state index in [4.69, 9.17) is 37.9 Å². The number of hydrogen-bond donors (Lipinski definition) is 1. The Morgan fingerprint density at radius 2 is 0.969 bits per heavy atom. The number of unbranched alkanes of at least 4 members (excludes halogenated alkanes) is 2. The molecule has 14 heteroatoms. The maximum atomic E-state index is 12.9. The summed E-state index contributed by atoms with van der Waals surface area (Å²) >= 11 is 0. The monoisotopic (exact) mass is 874 g/mol. The fourth-order valence-corrected chi connectivity index (χ4v) is 5.25. The molecule has 0 bridgehead atoms. The van der Waals surface area contributed by atoms with Gasteiger partial charge in [0.15, 0.2) is 0 Å². The summed E-state index contributed by atoms with van der Waals surface area (Å²) in [4.78, 5) is 60.4. The van der Waals surface area contributed by atoms with Crippen molar-refractivity contribution in [1.29, 1.82) is 0 Å². The Balaban J connectivity index is 1.20. The quantitative estimate of drug-likeness (QED) is 0.00973. The smallest absolute Gasteiger partial charge is 0.343 e.